The highest BCUT2D eigenvalue weighted by Gasteiger charge is 1.88. The van der Waals surface area contributed by atoms with Crippen molar-refractivity contribution in [3.63, 3.8) is 0 Å². The minimum Gasteiger partial charge on any atom is -0.247 e. The maximum Gasteiger partial charge on any atom is 0.108 e. The molecule has 0 aliphatic rings. The molecule has 0 aliphatic carbocycles. The minimum atomic E-state index is -0.359. The Labute approximate surface area is 94.3 Å². The van der Waals surface area contributed by atoms with Gasteiger partial charge >= 0.3 is 0 Å². The SMILES string of the molecule is CCCCCCCCC/C=C\C=C/CF. The lowest BCUT2D eigenvalue weighted by Gasteiger charge is -1.98. The van der Waals surface area contributed by atoms with Gasteiger partial charge in [0.1, 0.15) is 6.67 Å². The summed E-state index contributed by atoms with van der Waals surface area (Å²) in [5, 5.41) is 0. The van der Waals surface area contributed by atoms with Gasteiger partial charge in [-0.1, -0.05) is 69.8 Å². The molecule has 15 heavy (non-hydrogen) atoms. The molecule has 1 heteroatoms. The van der Waals surface area contributed by atoms with Crippen LogP contribution >= 0.6 is 0 Å². The number of hydrogen-bond acceptors (Lipinski definition) is 0. The van der Waals surface area contributed by atoms with Crippen molar-refractivity contribution in [3.05, 3.63) is 24.3 Å². The summed E-state index contributed by atoms with van der Waals surface area (Å²) >= 11 is 0. The Hall–Kier alpha value is -0.590. The maximum atomic E-state index is 11.6. The van der Waals surface area contributed by atoms with Gasteiger partial charge in [0.15, 0.2) is 0 Å². The van der Waals surface area contributed by atoms with Gasteiger partial charge in [-0.15, -0.1) is 0 Å². The molecule has 0 aromatic carbocycles. The van der Waals surface area contributed by atoms with Crippen LogP contribution < -0.4 is 0 Å². The van der Waals surface area contributed by atoms with Crippen molar-refractivity contribution in [1.29, 1.82) is 0 Å². The van der Waals surface area contributed by atoms with Gasteiger partial charge in [-0.3, -0.25) is 0 Å². The van der Waals surface area contributed by atoms with Crippen LogP contribution in [0.1, 0.15) is 58.3 Å². The molecular weight excluding hydrogens is 187 g/mol. The van der Waals surface area contributed by atoms with E-state index in [9.17, 15) is 4.39 Å². The van der Waals surface area contributed by atoms with Crippen molar-refractivity contribution < 1.29 is 4.39 Å². The highest BCUT2D eigenvalue weighted by molar-refractivity contribution is 5.02. The van der Waals surface area contributed by atoms with Crippen LogP contribution in [-0.4, -0.2) is 6.67 Å². The van der Waals surface area contributed by atoms with E-state index in [1.807, 2.05) is 6.08 Å². The fourth-order valence-electron chi connectivity index (χ4n) is 1.52. The van der Waals surface area contributed by atoms with Gasteiger partial charge in [-0.05, 0) is 12.8 Å². The first-order valence-electron chi connectivity index (χ1n) is 6.29. The summed E-state index contributed by atoms with van der Waals surface area (Å²) in [6, 6.07) is 0. The van der Waals surface area contributed by atoms with Gasteiger partial charge in [-0.25, -0.2) is 4.39 Å². The van der Waals surface area contributed by atoms with Crippen molar-refractivity contribution in [3.8, 4) is 0 Å². The zero-order chi connectivity index (χ0) is 11.2. The highest BCUT2D eigenvalue weighted by atomic mass is 19.1. The third-order valence-electron chi connectivity index (χ3n) is 2.45. The zero-order valence-corrected chi connectivity index (χ0v) is 10.1. The lowest BCUT2D eigenvalue weighted by Crippen LogP contribution is -1.78. The summed E-state index contributed by atoms with van der Waals surface area (Å²) in [5.74, 6) is 0. The monoisotopic (exact) mass is 212 g/mol. The molecule has 0 aromatic heterocycles. The van der Waals surface area contributed by atoms with Crippen LogP contribution in [-0.2, 0) is 0 Å². The molecule has 0 amide bonds. The Morgan fingerprint density at radius 1 is 0.800 bits per heavy atom. The van der Waals surface area contributed by atoms with E-state index in [4.69, 9.17) is 0 Å². The van der Waals surface area contributed by atoms with Gasteiger partial charge in [0.2, 0.25) is 0 Å². The molecule has 88 valence electrons. The van der Waals surface area contributed by atoms with Gasteiger partial charge in [-0.2, -0.15) is 0 Å². The standard InChI is InChI=1S/C14H25F/c1-2-3-4-5-6-7-8-9-10-11-12-13-14-15/h10-13H,2-9,14H2,1H3/b11-10-,13-12-. The Morgan fingerprint density at radius 2 is 1.40 bits per heavy atom. The van der Waals surface area contributed by atoms with Crippen LogP contribution in [0.3, 0.4) is 0 Å². The van der Waals surface area contributed by atoms with Crippen LogP contribution in [0.25, 0.3) is 0 Å². The largest absolute Gasteiger partial charge is 0.247 e. The number of alkyl halides is 1. The Kier molecular flexibility index (Phi) is 12.9. The highest BCUT2D eigenvalue weighted by Crippen LogP contribution is 2.08. The molecule has 0 N–H and O–H groups in total. The second kappa shape index (κ2) is 13.4. The van der Waals surface area contributed by atoms with E-state index in [2.05, 4.69) is 13.0 Å². The summed E-state index contributed by atoms with van der Waals surface area (Å²) in [7, 11) is 0. The van der Waals surface area contributed by atoms with E-state index in [1.165, 1.54) is 51.0 Å². The summed E-state index contributed by atoms with van der Waals surface area (Å²) in [5.41, 5.74) is 0. The van der Waals surface area contributed by atoms with Crippen LogP contribution in [0.4, 0.5) is 4.39 Å². The third kappa shape index (κ3) is 13.4. The van der Waals surface area contributed by atoms with E-state index in [1.54, 1.807) is 6.08 Å². The number of halogens is 1. The Morgan fingerprint density at radius 3 is 2.07 bits per heavy atom. The van der Waals surface area contributed by atoms with Crippen molar-refractivity contribution in [2.75, 3.05) is 6.67 Å². The molecule has 0 unspecified atom stereocenters. The molecule has 0 heterocycles. The zero-order valence-electron chi connectivity index (χ0n) is 10.1. The van der Waals surface area contributed by atoms with Crippen molar-refractivity contribution >= 4 is 0 Å². The summed E-state index contributed by atoms with van der Waals surface area (Å²) in [4.78, 5) is 0. The van der Waals surface area contributed by atoms with Crippen LogP contribution in [0, 0.1) is 0 Å². The number of hydrogen-bond donors (Lipinski definition) is 0. The molecule has 0 nitrogen and oxygen atoms in total. The number of allylic oxidation sites excluding steroid dienone is 4. The average Bonchev–Trinajstić information content (AvgIpc) is 2.26. The predicted octanol–water partition coefficient (Wildman–Crippen LogP) is 5.21. The first-order chi connectivity index (χ1) is 7.41. The van der Waals surface area contributed by atoms with Gasteiger partial charge in [0.25, 0.3) is 0 Å². The molecule has 0 bridgehead atoms. The lowest BCUT2D eigenvalue weighted by molar-refractivity contribution is 0.562. The van der Waals surface area contributed by atoms with Gasteiger partial charge in [0.05, 0.1) is 0 Å². The van der Waals surface area contributed by atoms with Crippen molar-refractivity contribution in [2.24, 2.45) is 0 Å². The molecule has 0 saturated heterocycles. The summed E-state index contributed by atoms with van der Waals surface area (Å²) in [6.07, 6.45) is 18.0. The molecule has 0 fully saturated rings. The molecule has 0 aliphatic heterocycles. The van der Waals surface area contributed by atoms with Crippen LogP contribution in [0.15, 0.2) is 24.3 Å². The molecule has 0 spiro atoms. The predicted molar refractivity (Wildman–Crippen MR) is 66.9 cm³/mol. The van der Waals surface area contributed by atoms with E-state index in [-0.39, 0.29) is 6.67 Å². The normalized spacial score (nSPS) is 11.9. The molecule has 0 radical (unpaired) electrons. The smallest absolute Gasteiger partial charge is 0.108 e. The number of unbranched alkanes of at least 4 members (excludes halogenated alkanes) is 7. The molecule has 0 saturated carbocycles. The molecule has 0 rings (SSSR count). The quantitative estimate of drug-likeness (QED) is 0.344. The van der Waals surface area contributed by atoms with Gasteiger partial charge < -0.3 is 0 Å². The fraction of sp³-hybridized carbons (Fsp3) is 0.714. The topological polar surface area (TPSA) is 0 Å². The second-order valence-electron chi connectivity index (χ2n) is 3.92. The van der Waals surface area contributed by atoms with E-state index in [0.717, 1.165) is 6.42 Å². The molecule has 0 aromatic rings. The van der Waals surface area contributed by atoms with Crippen molar-refractivity contribution in [1.82, 2.24) is 0 Å². The average molecular weight is 212 g/mol. The van der Waals surface area contributed by atoms with Gasteiger partial charge in [0, 0.05) is 0 Å². The third-order valence-corrected chi connectivity index (χ3v) is 2.45. The first kappa shape index (κ1) is 14.4. The lowest BCUT2D eigenvalue weighted by atomic mass is 10.1. The first-order valence-corrected chi connectivity index (χ1v) is 6.29. The van der Waals surface area contributed by atoms with Crippen LogP contribution in [0.5, 0.6) is 0 Å². The van der Waals surface area contributed by atoms with E-state index < -0.39 is 0 Å². The summed E-state index contributed by atoms with van der Waals surface area (Å²) < 4.78 is 11.6. The maximum absolute atomic E-state index is 11.6. The summed E-state index contributed by atoms with van der Waals surface area (Å²) in [6.45, 7) is 1.89. The Balaban J connectivity index is 3.04. The van der Waals surface area contributed by atoms with E-state index >= 15 is 0 Å². The minimum absolute atomic E-state index is 0.359. The number of rotatable bonds is 10. The Bertz CT molecular complexity index is 159. The second-order valence-corrected chi connectivity index (χ2v) is 3.92. The van der Waals surface area contributed by atoms with Crippen molar-refractivity contribution in [2.45, 2.75) is 58.3 Å². The van der Waals surface area contributed by atoms with E-state index in [0.29, 0.717) is 0 Å². The molecule has 0 atom stereocenters. The van der Waals surface area contributed by atoms with Crippen LogP contribution in [0.2, 0.25) is 0 Å². The fourth-order valence-corrected chi connectivity index (χ4v) is 1.52. The molecular formula is C14H25F.